The molecule has 1 aliphatic carbocycles. The maximum atomic E-state index is 12.4. The summed E-state index contributed by atoms with van der Waals surface area (Å²) in [7, 11) is 0. The summed E-state index contributed by atoms with van der Waals surface area (Å²) in [5.41, 5.74) is 4.80. The highest BCUT2D eigenvalue weighted by atomic mass is 16.5. The van der Waals surface area contributed by atoms with E-state index < -0.39 is 30.4 Å². The van der Waals surface area contributed by atoms with Crippen LogP contribution in [0.15, 0.2) is 59.2 Å². The summed E-state index contributed by atoms with van der Waals surface area (Å²) < 4.78 is 10.4. The molecular weight excluding hydrogens is 414 g/mol. The van der Waals surface area contributed by atoms with Gasteiger partial charge in [-0.3, -0.25) is 14.9 Å². The number of carbonyl (C=O) groups excluding carboxylic acids is 2. The number of amides is 2. The van der Waals surface area contributed by atoms with Crippen molar-refractivity contribution in [3.63, 3.8) is 0 Å². The van der Waals surface area contributed by atoms with Gasteiger partial charge < -0.3 is 19.6 Å². The number of carboxylic acid groups (broad SMARTS) is 1. The van der Waals surface area contributed by atoms with Crippen molar-refractivity contribution in [2.75, 3.05) is 11.9 Å². The topological polar surface area (TPSA) is 131 Å². The van der Waals surface area contributed by atoms with Crippen LogP contribution in [0.2, 0.25) is 0 Å². The lowest BCUT2D eigenvalue weighted by molar-refractivity contribution is -0.139. The molecule has 1 heterocycles. The Morgan fingerprint density at radius 1 is 1.09 bits per heavy atom. The minimum absolute atomic E-state index is 0.0419. The van der Waals surface area contributed by atoms with E-state index >= 15 is 0 Å². The zero-order valence-electron chi connectivity index (χ0n) is 17.2. The van der Waals surface area contributed by atoms with Crippen molar-refractivity contribution in [2.24, 2.45) is 0 Å². The molecule has 4 rings (SSSR count). The second kappa shape index (κ2) is 8.93. The SMILES string of the molecule is Cc1coc(NC(=O)C(CC(=O)O)NC(=O)OCC2c3ccccc3-c3ccccc32)n1. The van der Waals surface area contributed by atoms with E-state index in [1.54, 1.807) is 6.92 Å². The highest BCUT2D eigenvalue weighted by Gasteiger charge is 2.30. The van der Waals surface area contributed by atoms with E-state index in [0.29, 0.717) is 5.69 Å². The van der Waals surface area contributed by atoms with E-state index in [1.807, 2.05) is 48.5 Å². The van der Waals surface area contributed by atoms with Crippen molar-refractivity contribution in [1.82, 2.24) is 10.3 Å². The second-order valence-corrected chi connectivity index (χ2v) is 7.40. The largest absolute Gasteiger partial charge is 0.481 e. The van der Waals surface area contributed by atoms with Gasteiger partial charge in [0.05, 0.1) is 12.1 Å². The van der Waals surface area contributed by atoms with Crippen LogP contribution >= 0.6 is 0 Å². The molecule has 9 heteroatoms. The number of oxazole rings is 1. The van der Waals surface area contributed by atoms with Crippen molar-refractivity contribution in [1.29, 1.82) is 0 Å². The van der Waals surface area contributed by atoms with Crippen LogP contribution in [0.5, 0.6) is 0 Å². The number of nitrogens with zero attached hydrogens (tertiary/aromatic N) is 1. The fourth-order valence-corrected chi connectivity index (χ4v) is 3.77. The molecule has 1 unspecified atom stereocenters. The predicted molar refractivity (Wildman–Crippen MR) is 114 cm³/mol. The predicted octanol–water partition coefficient (Wildman–Crippen LogP) is 3.30. The summed E-state index contributed by atoms with van der Waals surface area (Å²) in [6, 6.07) is 14.3. The Morgan fingerprint density at radius 2 is 1.72 bits per heavy atom. The van der Waals surface area contributed by atoms with Crippen molar-refractivity contribution in [3.8, 4) is 11.1 Å². The number of aromatic nitrogens is 1. The first-order valence-corrected chi connectivity index (χ1v) is 9.98. The number of rotatable bonds is 7. The van der Waals surface area contributed by atoms with Gasteiger partial charge in [-0.05, 0) is 29.2 Å². The third-order valence-corrected chi connectivity index (χ3v) is 5.18. The number of ether oxygens (including phenoxy) is 1. The highest BCUT2D eigenvalue weighted by molar-refractivity contribution is 5.97. The number of hydrogen-bond acceptors (Lipinski definition) is 6. The van der Waals surface area contributed by atoms with E-state index in [1.165, 1.54) is 6.26 Å². The van der Waals surface area contributed by atoms with Gasteiger partial charge in [-0.2, -0.15) is 4.98 Å². The molecule has 1 aliphatic rings. The number of hydrogen-bond donors (Lipinski definition) is 3. The zero-order chi connectivity index (χ0) is 22.7. The lowest BCUT2D eigenvalue weighted by Gasteiger charge is -2.18. The van der Waals surface area contributed by atoms with Gasteiger partial charge in [0.2, 0.25) is 0 Å². The zero-order valence-corrected chi connectivity index (χ0v) is 17.2. The van der Waals surface area contributed by atoms with Crippen LogP contribution in [0.3, 0.4) is 0 Å². The first-order valence-electron chi connectivity index (χ1n) is 9.98. The number of alkyl carbamates (subject to hydrolysis) is 1. The van der Waals surface area contributed by atoms with Gasteiger partial charge in [0.25, 0.3) is 5.91 Å². The third kappa shape index (κ3) is 4.46. The fourth-order valence-electron chi connectivity index (χ4n) is 3.77. The van der Waals surface area contributed by atoms with E-state index in [4.69, 9.17) is 14.3 Å². The molecule has 0 aliphatic heterocycles. The standard InChI is InChI=1S/C23H21N3O6/c1-13-11-31-22(24-13)26-21(29)19(10-20(27)28)25-23(30)32-12-18-16-8-4-2-6-14(16)15-7-3-5-9-17(15)18/h2-9,11,18-19H,10,12H2,1H3,(H,25,30)(H,27,28)(H,24,26,29). The average molecular weight is 435 g/mol. The van der Waals surface area contributed by atoms with Crippen molar-refractivity contribution in [3.05, 3.63) is 71.6 Å². The summed E-state index contributed by atoms with van der Waals surface area (Å²) in [5, 5.41) is 13.8. The van der Waals surface area contributed by atoms with Crippen LogP contribution in [0, 0.1) is 6.92 Å². The quantitative estimate of drug-likeness (QED) is 0.519. The molecular formula is C23H21N3O6. The molecule has 2 amide bonds. The number of aryl methyl sites for hydroxylation is 1. The Morgan fingerprint density at radius 3 is 2.28 bits per heavy atom. The lowest BCUT2D eigenvalue weighted by atomic mass is 9.98. The molecule has 1 aromatic heterocycles. The van der Waals surface area contributed by atoms with Crippen LogP contribution in [0.25, 0.3) is 11.1 Å². The smallest absolute Gasteiger partial charge is 0.407 e. The van der Waals surface area contributed by atoms with Crippen LogP contribution in [-0.2, 0) is 14.3 Å². The van der Waals surface area contributed by atoms with E-state index in [-0.39, 0.29) is 18.5 Å². The van der Waals surface area contributed by atoms with E-state index in [9.17, 15) is 14.4 Å². The summed E-state index contributed by atoms with van der Waals surface area (Å²) >= 11 is 0. The van der Waals surface area contributed by atoms with Crippen molar-refractivity contribution < 1.29 is 28.6 Å². The molecule has 2 aromatic carbocycles. The maximum Gasteiger partial charge on any atom is 0.407 e. The summed E-state index contributed by atoms with van der Waals surface area (Å²) in [4.78, 5) is 40.0. The fraction of sp³-hybridized carbons (Fsp3) is 0.217. The van der Waals surface area contributed by atoms with Crippen LogP contribution in [-0.4, -0.2) is 40.7 Å². The first kappa shape index (κ1) is 21.1. The number of fused-ring (bicyclic) bond motifs is 3. The van der Waals surface area contributed by atoms with Crippen LogP contribution in [0.1, 0.15) is 29.2 Å². The van der Waals surface area contributed by atoms with Gasteiger partial charge in [0, 0.05) is 5.92 Å². The Kier molecular flexibility index (Phi) is 5.89. The Balaban J connectivity index is 1.42. The van der Waals surface area contributed by atoms with Crippen LogP contribution in [0.4, 0.5) is 10.8 Å². The molecule has 0 bridgehead atoms. The average Bonchev–Trinajstić information content (AvgIpc) is 3.32. The van der Waals surface area contributed by atoms with Crippen LogP contribution < -0.4 is 10.6 Å². The second-order valence-electron chi connectivity index (χ2n) is 7.40. The molecule has 0 spiro atoms. The van der Waals surface area contributed by atoms with Crippen molar-refractivity contribution in [2.45, 2.75) is 25.3 Å². The normalized spacial score (nSPS) is 13.0. The van der Waals surface area contributed by atoms with Gasteiger partial charge >= 0.3 is 18.1 Å². The summed E-state index contributed by atoms with van der Waals surface area (Å²) in [5.74, 6) is -2.19. The Labute approximate surface area is 183 Å². The highest BCUT2D eigenvalue weighted by Crippen LogP contribution is 2.44. The van der Waals surface area contributed by atoms with E-state index in [2.05, 4.69) is 15.6 Å². The molecule has 0 radical (unpaired) electrons. The lowest BCUT2D eigenvalue weighted by Crippen LogP contribution is -2.45. The third-order valence-electron chi connectivity index (χ3n) is 5.18. The molecule has 1 atom stereocenters. The molecule has 0 saturated carbocycles. The van der Waals surface area contributed by atoms with Gasteiger partial charge in [0.1, 0.15) is 18.9 Å². The van der Waals surface area contributed by atoms with Gasteiger partial charge in [-0.1, -0.05) is 48.5 Å². The minimum atomic E-state index is -1.37. The maximum absolute atomic E-state index is 12.4. The number of carbonyl (C=O) groups is 3. The monoisotopic (exact) mass is 435 g/mol. The molecule has 0 fully saturated rings. The Hall–Kier alpha value is -4.14. The molecule has 3 N–H and O–H groups in total. The molecule has 32 heavy (non-hydrogen) atoms. The molecule has 9 nitrogen and oxygen atoms in total. The first-order chi connectivity index (χ1) is 15.4. The van der Waals surface area contributed by atoms with Gasteiger partial charge in [0.15, 0.2) is 0 Å². The number of aliphatic carboxylic acids is 1. The van der Waals surface area contributed by atoms with Crippen molar-refractivity contribution >= 4 is 24.0 Å². The summed E-state index contributed by atoms with van der Waals surface area (Å²) in [6.45, 7) is 1.71. The molecule has 3 aromatic rings. The number of carboxylic acids is 1. The molecule has 164 valence electrons. The number of nitrogens with one attached hydrogen (secondary N) is 2. The minimum Gasteiger partial charge on any atom is -0.481 e. The van der Waals surface area contributed by atoms with Gasteiger partial charge in [-0.15, -0.1) is 0 Å². The Bertz CT molecular complexity index is 1130. The van der Waals surface area contributed by atoms with Gasteiger partial charge in [-0.25, -0.2) is 4.79 Å². The summed E-state index contributed by atoms with van der Waals surface area (Å²) in [6.07, 6.45) is -0.187. The van der Waals surface area contributed by atoms with E-state index in [0.717, 1.165) is 22.3 Å². The number of benzene rings is 2. The number of anilines is 1. The molecule has 0 saturated heterocycles.